The summed E-state index contributed by atoms with van der Waals surface area (Å²) in [6.07, 6.45) is 2.74. The van der Waals surface area contributed by atoms with Crippen LogP contribution in [0.25, 0.3) is 0 Å². The number of aromatic nitrogens is 1. The van der Waals surface area contributed by atoms with E-state index in [-0.39, 0.29) is 23.6 Å². The minimum Gasteiger partial charge on any atom is -0.494 e. The molecule has 0 saturated heterocycles. The Morgan fingerprint density at radius 2 is 2.08 bits per heavy atom. The van der Waals surface area contributed by atoms with Gasteiger partial charge in [-0.3, -0.25) is 9.36 Å². The molecule has 0 aliphatic heterocycles. The van der Waals surface area contributed by atoms with Crippen LogP contribution in [0.4, 0.5) is 0 Å². The summed E-state index contributed by atoms with van der Waals surface area (Å²) in [6.45, 7) is 2.13. The van der Waals surface area contributed by atoms with Crippen LogP contribution in [0.3, 0.4) is 0 Å². The summed E-state index contributed by atoms with van der Waals surface area (Å²) in [7, 11) is 1.66. The highest BCUT2D eigenvalue weighted by molar-refractivity contribution is 7.97. The van der Waals surface area contributed by atoms with Crippen LogP contribution >= 0.6 is 24.2 Å². The zero-order chi connectivity index (χ0) is 19.3. The van der Waals surface area contributed by atoms with Crippen LogP contribution in [0.15, 0.2) is 11.0 Å². The lowest BCUT2D eigenvalue weighted by molar-refractivity contribution is -0.125. The lowest BCUT2D eigenvalue weighted by atomic mass is 9.81. The smallest absolute Gasteiger partial charge is 0.222 e. The fraction of sp³-hybridized carbons (Fsp3) is 0.647. The van der Waals surface area contributed by atoms with Crippen molar-refractivity contribution in [2.75, 3.05) is 7.05 Å². The Balaban J connectivity index is 1.96. The topological polar surface area (TPSA) is 107 Å². The van der Waals surface area contributed by atoms with Crippen LogP contribution in [0.2, 0.25) is 0 Å². The first-order valence-electron chi connectivity index (χ1n) is 8.76. The number of nitrogens with zero attached hydrogens (tertiary/aromatic N) is 1. The second kappa shape index (κ2) is 9.59. The van der Waals surface area contributed by atoms with E-state index < -0.39 is 12.1 Å². The first kappa shape index (κ1) is 21.0. The van der Waals surface area contributed by atoms with Crippen molar-refractivity contribution >= 4 is 35.4 Å². The number of rotatable bonds is 8. The molecule has 1 unspecified atom stereocenters. The molecule has 26 heavy (non-hydrogen) atoms. The van der Waals surface area contributed by atoms with Crippen molar-refractivity contribution in [1.29, 1.82) is 0 Å². The van der Waals surface area contributed by atoms with E-state index >= 15 is 0 Å². The van der Waals surface area contributed by atoms with Crippen molar-refractivity contribution in [3.8, 4) is 11.8 Å². The molecule has 1 amide bonds. The van der Waals surface area contributed by atoms with Crippen LogP contribution < -0.4 is 10.0 Å². The molecule has 1 fully saturated rings. The van der Waals surface area contributed by atoms with Crippen molar-refractivity contribution in [3.63, 3.8) is 0 Å². The molecule has 1 saturated carbocycles. The van der Waals surface area contributed by atoms with Gasteiger partial charge >= 0.3 is 0 Å². The van der Waals surface area contributed by atoms with Crippen molar-refractivity contribution < 1.29 is 20.1 Å². The predicted octanol–water partition coefficient (Wildman–Crippen LogP) is 1.80. The summed E-state index contributed by atoms with van der Waals surface area (Å²) in [4.78, 5) is 12.2. The number of aromatic hydroxyl groups is 2. The summed E-state index contributed by atoms with van der Waals surface area (Å²) < 4.78 is 4.46. The van der Waals surface area contributed by atoms with Gasteiger partial charge in [-0.25, -0.2) is 4.72 Å². The van der Waals surface area contributed by atoms with Gasteiger partial charge in [0.1, 0.15) is 0 Å². The van der Waals surface area contributed by atoms with E-state index in [1.165, 1.54) is 16.0 Å². The highest BCUT2D eigenvalue weighted by atomic mass is 32.2. The quantitative estimate of drug-likeness (QED) is 0.334. The van der Waals surface area contributed by atoms with Gasteiger partial charge in [-0.2, -0.15) is 0 Å². The minimum absolute atomic E-state index is 0.00354. The average Bonchev–Trinajstić information content (AvgIpc) is 2.89. The molecule has 1 aliphatic carbocycles. The van der Waals surface area contributed by atoms with E-state index in [0.29, 0.717) is 17.4 Å². The van der Waals surface area contributed by atoms with Crippen LogP contribution in [0.1, 0.15) is 32.6 Å². The van der Waals surface area contributed by atoms with Crippen LogP contribution in [-0.4, -0.2) is 50.4 Å². The molecular weight excluding hydrogens is 374 g/mol. The second-order valence-corrected chi connectivity index (χ2v) is 7.91. The molecule has 1 heterocycles. The van der Waals surface area contributed by atoms with Crippen LogP contribution in [0.5, 0.6) is 11.8 Å². The van der Waals surface area contributed by atoms with Crippen molar-refractivity contribution in [2.45, 2.75) is 56.2 Å². The first-order chi connectivity index (χ1) is 12.4. The summed E-state index contributed by atoms with van der Waals surface area (Å²) in [6, 6.07) is 1.09. The Bertz CT molecular complexity index is 628. The summed E-state index contributed by atoms with van der Waals surface area (Å²) in [5.41, 5.74) is 0. The van der Waals surface area contributed by atoms with E-state index in [4.69, 9.17) is 12.2 Å². The highest BCUT2D eigenvalue weighted by Gasteiger charge is 2.27. The van der Waals surface area contributed by atoms with Gasteiger partial charge in [0, 0.05) is 25.6 Å². The number of hydrogen-bond acceptors (Lipinski definition) is 7. The zero-order valence-electron chi connectivity index (χ0n) is 15.0. The third kappa shape index (κ3) is 5.12. The summed E-state index contributed by atoms with van der Waals surface area (Å²) in [5.74, 6) is 0.437. The highest BCUT2D eigenvalue weighted by Crippen LogP contribution is 2.37. The maximum atomic E-state index is 11.7. The van der Waals surface area contributed by atoms with Crippen LogP contribution in [0, 0.1) is 11.8 Å². The largest absolute Gasteiger partial charge is 0.494 e. The number of amides is 1. The third-order valence-corrected chi connectivity index (χ3v) is 6.09. The number of carbonyl (C=O) groups excluding carboxylic acids is 1. The molecule has 9 heteroatoms. The lowest BCUT2D eigenvalue weighted by Crippen LogP contribution is -2.34. The van der Waals surface area contributed by atoms with Gasteiger partial charge < -0.3 is 20.6 Å². The van der Waals surface area contributed by atoms with Crippen molar-refractivity contribution in [1.82, 2.24) is 14.6 Å². The van der Waals surface area contributed by atoms with Gasteiger partial charge in [0.2, 0.25) is 11.8 Å². The summed E-state index contributed by atoms with van der Waals surface area (Å²) in [5, 5.41) is 34.3. The molecule has 2 rings (SSSR count). The maximum Gasteiger partial charge on any atom is 0.222 e. The van der Waals surface area contributed by atoms with E-state index in [9.17, 15) is 20.1 Å². The van der Waals surface area contributed by atoms with Gasteiger partial charge in [0.25, 0.3) is 0 Å². The second-order valence-electron chi connectivity index (χ2n) is 6.76. The molecule has 2 atom stereocenters. The monoisotopic (exact) mass is 401 g/mol. The van der Waals surface area contributed by atoms with E-state index in [1.807, 2.05) is 0 Å². The molecule has 1 aliphatic rings. The summed E-state index contributed by atoms with van der Waals surface area (Å²) >= 11 is 5.99. The zero-order valence-corrected chi connectivity index (χ0v) is 16.6. The number of thiocarbonyl (C=S) groups is 1. The predicted molar refractivity (Wildman–Crippen MR) is 105 cm³/mol. The molecule has 1 aromatic rings. The number of nitrogens with one attached hydrogen (secondary N) is 2. The average molecular weight is 402 g/mol. The Labute approximate surface area is 163 Å². The molecule has 0 bridgehead atoms. The van der Waals surface area contributed by atoms with Gasteiger partial charge in [0.05, 0.1) is 17.0 Å². The number of carbonyl (C=O) groups is 1. The fourth-order valence-corrected chi connectivity index (χ4v) is 4.47. The Morgan fingerprint density at radius 1 is 1.42 bits per heavy atom. The molecule has 0 spiro atoms. The van der Waals surface area contributed by atoms with Gasteiger partial charge in [-0.05, 0) is 55.8 Å². The molecule has 7 nitrogen and oxygen atoms in total. The number of hydrogen-bond donors (Lipinski definition) is 5. The fourth-order valence-electron chi connectivity index (χ4n) is 3.20. The maximum absolute atomic E-state index is 11.7. The number of aliphatic hydroxyl groups excluding tert-OH is 1. The minimum atomic E-state index is -0.659. The van der Waals surface area contributed by atoms with Crippen molar-refractivity contribution in [3.05, 3.63) is 6.07 Å². The number of aliphatic hydroxyl groups is 1. The van der Waals surface area contributed by atoms with Gasteiger partial charge in [0.15, 0.2) is 5.88 Å². The van der Waals surface area contributed by atoms with Gasteiger partial charge in [-0.15, -0.1) is 0 Å². The van der Waals surface area contributed by atoms with E-state index in [0.717, 1.165) is 37.6 Å². The van der Waals surface area contributed by atoms with E-state index in [1.54, 1.807) is 14.0 Å². The van der Waals surface area contributed by atoms with Crippen LogP contribution in [-0.2, 0) is 11.3 Å². The van der Waals surface area contributed by atoms with Gasteiger partial charge in [-0.1, -0.05) is 12.2 Å². The Kier molecular flexibility index (Phi) is 7.75. The Hall–Kier alpha value is -1.29. The molecule has 146 valence electrons. The normalized spacial score (nSPS) is 22.6. The standard InChI is InChI=1S/C17H27N3O4S2/c1-10(21)13(9-25)19-26-14-7-15(22)20(17(14)24)8-11-3-5-12(6-4-11)16(23)18-2/h7,9-13,19,21-22,24H,3-6,8H2,1-2H3,(H,18,23)/t10?,11?,12?,13-/m0/s1. The molecule has 1 aromatic heterocycles. The third-order valence-electron chi connectivity index (χ3n) is 4.89. The Morgan fingerprint density at radius 3 is 2.62 bits per heavy atom. The lowest BCUT2D eigenvalue weighted by Gasteiger charge is -2.28. The molecule has 5 N–H and O–H groups in total. The first-order valence-corrected chi connectivity index (χ1v) is 10.0. The van der Waals surface area contributed by atoms with E-state index in [2.05, 4.69) is 10.0 Å². The molecule has 0 radical (unpaired) electrons. The molecular formula is C17H27N3O4S2. The van der Waals surface area contributed by atoms with Crippen molar-refractivity contribution in [2.24, 2.45) is 11.8 Å². The molecule has 0 aromatic carbocycles. The SMILES string of the molecule is CNC(=O)C1CCC(Cn2c(O)cc(SN[C@@H](C=S)C(C)O)c2O)CC1.